The molecule has 4 heteroatoms. The van der Waals surface area contributed by atoms with E-state index in [0.29, 0.717) is 11.5 Å². The summed E-state index contributed by atoms with van der Waals surface area (Å²) in [6.45, 7) is 5.62. The third-order valence-electron chi connectivity index (χ3n) is 4.69. The molecule has 1 aromatic heterocycles. The van der Waals surface area contributed by atoms with Crippen LogP contribution in [0.1, 0.15) is 58.2 Å². The molecule has 1 heterocycles. The largest absolute Gasteiger partial charge is 0.335 e. The van der Waals surface area contributed by atoms with Crippen LogP contribution < -0.4 is 11.3 Å². The average Bonchev–Trinajstić information content (AvgIpc) is 2.84. The first-order chi connectivity index (χ1) is 9.19. The number of imidazole rings is 1. The fourth-order valence-corrected chi connectivity index (χ4v) is 3.37. The summed E-state index contributed by atoms with van der Waals surface area (Å²) in [6.07, 6.45) is 12.6. The topological polar surface area (TPSA) is 55.9 Å². The Bertz CT molecular complexity index is 379. The fourth-order valence-electron chi connectivity index (χ4n) is 3.37. The zero-order chi connectivity index (χ0) is 13.7. The van der Waals surface area contributed by atoms with Crippen molar-refractivity contribution >= 4 is 0 Å². The molecular weight excluding hydrogens is 236 g/mol. The van der Waals surface area contributed by atoms with Gasteiger partial charge < -0.3 is 4.57 Å². The summed E-state index contributed by atoms with van der Waals surface area (Å²) in [5.41, 5.74) is 3.38. The Labute approximate surface area is 116 Å². The molecule has 1 aromatic rings. The second-order valence-electron chi connectivity index (χ2n) is 6.17. The van der Waals surface area contributed by atoms with Crippen LogP contribution in [0.3, 0.4) is 0 Å². The van der Waals surface area contributed by atoms with Crippen molar-refractivity contribution in [1.82, 2.24) is 15.0 Å². The van der Waals surface area contributed by atoms with Gasteiger partial charge in [0, 0.05) is 31.4 Å². The molecule has 0 aromatic carbocycles. The number of nitrogens with two attached hydrogens (primary N) is 1. The first kappa shape index (κ1) is 14.5. The zero-order valence-corrected chi connectivity index (χ0v) is 12.4. The van der Waals surface area contributed by atoms with Crippen LogP contribution in [0.5, 0.6) is 0 Å². The molecule has 1 unspecified atom stereocenters. The number of rotatable bonds is 6. The number of nitrogens with zero attached hydrogens (tertiary/aromatic N) is 2. The van der Waals surface area contributed by atoms with Crippen molar-refractivity contribution in [2.45, 2.75) is 71.4 Å². The van der Waals surface area contributed by atoms with E-state index in [9.17, 15) is 0 Å². The van der Waals surface area contributed by atoms with Gasteiger partial charge in [0.05, 0.1) is 0 Å². The maximum Gasteiger partial charge on any atom is 0.110 e. The molecule has 19 heavy (non-hydrogen) atoms. The van der Waals surface area contributed by atoms with Gasteiger partial charge in [-0.1, -0.05) is 33.1 Å². The number of hydrazine groups is 1. The Morgan fingerprint density at radius 1 is 1.42 bits per heavy atom. The molecule has 0 saturated heterocycles. The second kappa shape index (κ2) is 6.53. The molecule has 0 spiro atoms. The monoisotopic (exact) mass is 264 g/mol. The van der Waals surface area contributed by atoms with Gasteiger partial charge in [-0.25, -0.2) is 4.98 Å². The molecular formula is C15H28N4. The summed E-state index contributed by atoms with van der Waals surface area (Å²) < 4.78 is 2.26. The SMILES string of the molecule is CCCn1ccnc1CC(NN)C1(C)CCCCC1. The number of aryl methyl sites for hydroxylation is 1. The van der Waals surface area contributed by atoms with Gasteiger partial charge in [0.1, 0.15) is 5.82 Å². The Morgan fingerprint density at radius 3 is 2.79 bits per heavy atom. The maximum atomic E-state index is 5.84. The Balaban J connectivity index is 2.07. The standard InChI is InChI=1S/C15H28N4/c1-3-10-19-11-9-17-14(19)12-13(18-16)15(2)7-5-4-6-8-15/h9,11,13,18H,3-8,10,12,16H2,1-2H3. The fraction of sp³-hybridized carbons (Fsp3) is 0.800. The summed E-state index contributed by atoms with van der Waals surface area (Å²) in [6, 6.07) is 0.325. The minimum atomic E-state index is 0.315. The molecule has 3 N–H and O–H groups in total. The van der Waals surface area contributed by atoms with Crippen LogP contribution >= 0.6 is 0 Å². The molecule has 4 nitrogen and oxygen atoms in total. The van der Waals surface area contributed by atoms with Crippen molar-refractivity contribution in [3.63, 3.8) is 0 Å². The van der Waals surface area contributed by atoms with E-state index in [1.165, 1.54) is 32.1 Å². The third kappa shape index (κ3) is 3.37. The van der Waals surface area contributed by atoms with E-state index in [1.807, 2.05) is 6.20 Å². The normalized spacial score (nSPS) is 20.4. The summed E-state index contributed by atoms with van der Waals surface area (Å²) in [5.74, 6) is 7.01. The van der Waals surface area contributed by atoms with Crippen molar-refractivity contribution < 1.29 is 0 Å². The zero-order valence-electron chi connectivity index (χ0n) is 12.4. The van der Waals surface area contributed by atoms with Crippen molar-refractivity contribution in [3.05, 3.63) is 18.2 Å². The minimum Gasteiger partial charge on any atom is -0.335 e. The maximum absolute atomic E-state index is 5.84. The highest BCUT2D eigenvalue weighted by molar-refractivity contribution is 5.00. The number of hydrogen-bond donors (Lipinski definition) is 2. The Hall–Kier alpha value is -0.870. The van der Waals surface area contributed by atoms with E-state index in [2.05, 4.69) is 35.0 Å². The first-order valence-electron chi connectivity index (χ1n) is 7.66. The van der Waals surface area contributed by atoms with Gasteiger partial charge in [-0.15, -0.1) is 0 Å². The number of nitrogens with one attached hydrogen (secondary N) is 1. The highest BCUT2D eigenvalue weighted by Crippen LogP contribution is 2.39. The molecule has 0 aliphatic heterocycles. The van der Waals surface area contributed by atoms with Crippen molar-refractivity contribution in [2.24, 2.45) is 11.3 Å². The molecule has 0 bridgehead atoms. The predicted octanol–water partition coefficient (Wildman–Crippen LogP) is 2.64. The predicted molar refractivity (Wildman–Crippen MR) is 78.5 cm³/mol. The van der Waals surface area contributed by atoms with Crippen LogP contribution in [-0.4, -0.2) is 15.6 Å². The van der Waals surface area contributed by atoms with Gasteiger partial charge in [0.2, 0.25) is 0 Å². The number of aromatic nitrogens is 2. The van der Waals surface area contributed by atoms with E-state index in [4.69, 9.17) is 5.84 Å². The summed E-state index contributed by atoms with van der Waals surface area (Å²) >= 11 is 0. The van der Waals surface area contributed by atoms with E-state index in [0.717, 1.165) is 25.2 Å². The lowest BCUT2D eigenvalue weighted by atomic mass is 9.70. The van der Waals surface area contributed by atoms with E-state index < -0.39 is 0 Å². The van der Waals surface area contributed by atoms with Crippen LogP contribution in [0.25, 0.3) is 0 Å². The molecule has 1 saturated carbocycles. The van der Waals surface area contributed by atoms with E-state index in [1.54, 1.807) is 0 Å². The van der Waals surface area contributed by atoms with Gasteiger partial charge in [-0.2, -0.15) is 0 Å². The molecule has 0 radical (unpaired) electrons. The lowest BCUT2D eigenvalue weighted by Gasteiger charge is -2.40. The quantitative estimate of drug-likeness (QED) is 0.613. The lowest BCUT2D eigenvalue weighted by molar-refractivity contribution is 0.142. The lowest BCUT2D eigenvalue weighted by Crippen LogP contribution is -2.49. The van der Waals surface area contributed by atoms with Crippen molar-refractivity contribution in [2.75, 3.05) is 0 Å². The van der Waals surface area contributed by atoms with E-state index in [-0.39, 0.29) is 0 Å². The van der Waals surface area contributed by atoms with Crippen LogP contribution in [0, 0.1) is 5.41 Å². The molecule has 0 amide bonds. The average molecular weight is 264 g/mol. The third-order valence-corrected chi connectivity index (χ3v) is 4.69. The van der Waals surface area contributed by atoms with Crippen LogP contribution in [0.15, 0.2) is 12.4 Å². The highest BCUT2D eigenvalue weighted by atomic mass is 15.2. The van der Waals surface area contributed by atoms with Gasteiger partial charge in [-0.05, 0) is 24.7 Å². The molecule has 1 fully saturated rings. The van der Waals surface area contributed by atoms with Gasteiger partial charge in [-0.3, -0.25) is 11.3 Å². The molecule has 108 valence electrons. The second-order valence-corrected chi connectivity index (χ2v) is 6.17. The summed E-state index contributed by atoms with van der Waals surface area (Å²) in [5, 5.41) is 0. The first-order valence-corrected chi connectivity index (χ1v) is 7.66. The number of hydrogen-bond acceptors (Lipinski definition) is 3. The molecule has 1 aliphatic carbocycles. The smallest absolute Gasteiger partial charge is 0.110 e. The Kier molecular flexibility index (Phi) is 4.99. The minimum absolute atomic E-state index is 0.315. The molecule has 1 atom stereocenters. The van der Waals surface area contributed by atoms with Gasteiger partial charge in [0.15, 0.2) is 0 Å². The van der Waals surface area contributed by atoms with Crippen LogP contribution in [-0.2, 0) is 13.0 Å². The van der Waals surface area contributed by atoms with Crippen molar-refractivity contribution in [3.8, 4) is 0 Å². The summed E-state index contributed by atoms with van der Waals surface area (Å²) in [7, 11) is 0. The molecule has 1 aliphatic rings. The highest BCUT2D eigenvalue weighted by Gasteiger charge is 2.35. The molecule has 2 rings (SSSR count). The van der Waals surface area contributed by atoms with Gasteiger partial charge in [0.25, 0.3) is 0 Å². The van der Waals surface area contributed by atoms with Gasteiger partial charge >= 0.3 is 0 Å². The van der Waals surface area contributed by atoms with Crippen molar-refractivity contribution in [1.29, 1.82) is 0 Å². The van der Waals surface area contributed by atoms with E-state index >= 15 is 0 Å². The Morgan fingerprint density at radius 2 is 2.16 bits per heavy atom. The summed E-state index contributed by atoms with van der Waals surface area (Å²) in [4.78, 5) is 4.52. The van der Waals surface area contributed by atoms with Crippen LogP contribution in [0.2, 0.25) is 0 Å². The van der Waals surface area contributed by atoms with Crippen LogP contribution in [0.4, 0.5) is 0 Å².